The maximum Gasteiger partial charge on any atom is 0.267 e. The highest BCUT2D eigenvalue weighted by molar-refractivity contribution is 7.89. The van der Waals surface area contributed by atoms with E-state index in [0.717, 1.165) is 18.4 Å². The van der Waals surface area contributed by atoms with Gasteiger partial charge in [-0.15, -0.1) is 0 Å². The average molecular weight is 483 g/mol. The molecule has 0 spiro atoms. The SMILES string of the molecule is CC(C)(F)COc1ncc(OCc2cc(F)c(C(=O)NS(C)(=O)=O)cc2Cl)cc1Cl. The van der Waals surface area contributed by atoms with Gasteiger partial charge in [0.2, 0.25) is 15.9 Å². The Morgan fingerprint density at radius 2 is 1.87 bits per heavy atom. The number of carbonyl (C=O) groups excluding carboxylic acids is 1. The zero-order valence-electron chi connectivity index (χ0n) is 16.1. The first-order valence-electron chi connectivity index (χ1n) is 8.35. The van der Waals surface area contributed by atoms with Gasteiger partial charge in [-0.1, -0.05) is 23.2 Å². The van der Waals surface area contributed by atoms with Crippen LogP contribution in [0.4, 0.5) is 8.78 Å². The third kappa shape index (κ3) is 7.26. The summed E-state index contributed by atoms with van der Waals surface area (Å²) in [6.07, 6.45) is 2.05. The molecule has 1 amide bonds. The summed E-state index contributed by atoms with van der Waals surface area (Å²) in [7, 11) is -3.86. The Balaban J connectivity index is 2.10. The number of aromatic nitrogens is 1. The number of sulfonamides is 1. The number of halogens is 4. The molecule has 0 bridgehead atoms. The molecule has 1 aromatic heterocycles. The van der Waals surface area contributed by atoms with Crippen LogP contribution in [0.5, 0.6) is 11.6 Å². The number of nitrogens with one attached hydrogen (secondary N) is 1. The van der Waals surface area contributed by atoms with Crippen LogP contribution in [0.1, 0.15) is 29.8 Å². The van der Waals surface area contributed by atoms with Crippen molar-refractivity contribution in [2.45, 2.75) is 26.1 Å². The summed E-state index contributed by atoms with van der Waals surface area (Å²) < 4.78 is 62.3. The van der Waals surface area contributed by atoms with Gasteiger partial charge in [0, 0.05) is 16.7 Å². The average Bonchev–Trinajstić information content (AvgIpc) is 2.59. The molecule has 1 N–H and O–H groups in total. The molecule has 7 nitrogen and oxygen atoms in total. The van der Waals surface area contributed by atoms with Crippen molar-refractivity contribution in [3.8, 4) is 11.6 Å². The second kappa shape index (κ2) is 9.32. The van der Waals surface area contributed by atoms with Crippen LogP contribution in [0.2, 0.25) is 10.0 Å². The number of amides is 1. The molecule has 30 heavy (non-hydrogen) atoms. The van der Waals surface area contributed by atoms with E-state index in [1.54, 1.807) is 4.72 Å². The topological polar surface area (TPSA) is 94.6 Å². The zero-order chi connectivity index (χ0) is 22.7. The van der Waals surface area contributed by atoms with Gasteiger partial charge in [0.1, 0.15) is 35.5 Å². The number of hydrogen-bond donors (Lipinski definition) is 1. The van der Waals surface area contributed by atoms with Gasteiger partial charge >= 0.3 is 0 Å². The van der Waals surface area contributed by atoms with E-state index in [4.69, 9.17) is 32.7 Å². The Bertz CT molecular complexity index is 1060. The van der Waals surface area contributed by atoms with Gasteiger partial charge in [-0.25, -0.2) is 26.9 Å². The first-order valence-corrected chi connectivity index (χ1v) is 11.0. The predicted octanol–water partition coefficient (Wildman–Crippen LogP) is 3.92. The molecular weight excluding hydrogens is 465 g/mol. The lowest BCUT2D eigenvalue weighted by atomic mass is 10.1. The maximum atomic E-state index is 14.2. The molecule has 1 aromatic carbocycles. The second-order valence-corrected chi connectivity index (χ2v) is 9.44. The fourth-order valence-corrected chi connectivity index (χ4v) is 2.97. The summed E-state index contributed by atoms with van der Waals surface area (Å²) in [6.45, 7) is 2.25. The van der Waals surface area contributed by atoms with Crippen LogP contribution in [0.25, 0.3) is 0 Å². The molecule has 2 aromatic rings. The Hall–Kier alpha value is -2.17. The van der Waals surface area contributed by atoms with Crippen molar-refractivity contribution in [1.82, 2.24) is 9.71 Å². The molecule has 0 atom stereocenters. The van der Waals surface area contributed by atoms with Gasteiger partial charge in [0.15, 0.2) is 0 Å². The third-order valence-corrected chi connectivity index (χ3v) is 4.57. The highest BCUT2D eigenvalue weighted by Crippen LogP contribution is 2.28. The minimum atomic E-state index is -3.86. The lowest BCUT2D eigenvalue weighted by molar-refractivity contribution is 0.0977. The molecule has 164 valence electrons. The van der Waals surface area contributed by atoms with Crippen molar-refractivity contribution in [2.75, 3.05) is 12.9 Å². The summed E-state index contributed by atoms with van der Waals surface area (Å²) in [4.78, 5) is 15.8. The van der Waals surface area contributed by atoms with E-state index >= 15 is 0 Å². The van der Waals surface area contributed by atoms with Crippen molar-refractivity contribution in [3.05, 3.63) is 51.4 Å². The van der Waals surface area contributed by atoms with E-state index in [0.29, 0.717) is 0 Å². The summed E-state index contributed by atoms with van der Waals surface area (Å²) in [5.74, 6) is -1.89. The monoisotopic (exact) mass is 482 g/mol. The van der Waals surface area contributed by atoms with Crippen molar-refractivity contribution >= 4 is 39.1 Å². The van der Waals surface area contributed by atoms with Crippen molar-refractivity contribution in [1.29, 1.82) is 0 Å². The summed E-state index contributed by atoms with van der Waals surface area (Å²) in [5, 5.41) is 0.0704. The largest absolute Gasteiger partial charge is 0.487 e. The maximum absolute atomic E-state index is 14.2. The number of nitrogens with zero attached hydrogens (tertiary/aromatic N) is 1. The molecule has 0 radical (unpaired) electrons. The van der Waals surface area contributed by atoms with Crippen LogP contribution in [0, 0.1) is 5.82 Å². The molecule has 1 heterocycles. The fourth-order valence-electron chi connectivity index (χ4n) is 2.09. The zero-order valence-corrected chi connectivity index (χ0v) is 18.5. The number of pyridine rings is 1. The third-order valence-electron chi connectivity index (χ3n) is 3.39. The minimum Gasteiger partial charge on any atom is -0.487 e. The molecule has 0 saturated heterocycles. The van der Waals surface area contributed by atoms with Crippen molar-refractivity contribution in [3.63, 3.8) is 0 Å². The number of rotatable bonds is 8. The van der Waals surface area contributed by atoms with Gasteiger partial charge < -0.3 is 9.47 Å². The standard InChI is InChI=1S/C18H18Cl2F2N2O5S/c1-18(2,22)9-29-17-14(20)5-11(7-23-17)28-8-10-4-15(21)12(6-13(10)19)16(25)24-30(3,26)27/h4-7H,8-9H2,1-3H3,(H,24,25). The molecule has 2 rings (SSSR count). The Morgan fingerprint density at radius 1 is 1.20 bits per heavy atom. The van der Waals surface area contributed by atoms with Crippen LogP contribution in [-0.2, 0) is 16.6 Å². The van der Waals surface area contributed by atoms with Crippen LogP contribution >= 0.6 is 23.2 Å². The Kier molecular flexibility index (Phi) is 7.49. The highest BCUT2D eigenvalue weighted by Gasteiger charge is 2.20. The fraction of sp³-hybridized carbons (Fsp3) is 0.333. The van der Waals surface area contributed by atoms with E-state index in [1.165, 1.54) is 26.1 Å². The smallest absolute Gasteiger partial charge is 0.267 e. The van der Waals surface area contributed by atoms with E-state index in [2.05, 4.69) is 4.98 Å². The lowest BCUT2D eigenvalue weighted by Gasteiger charge is -2.15. The number of benzene rings is 1. The second-order valence-electron chi connectivity index (χ2n) is 6.88. The lowest BCUT2D eigenvalue weighted by Crippen LogP contribution is -2.30. The first kappa shape index (κ1) is 24.1. The quantitative estimate of drug-likeness (QED) is 0.612. The Morgan fingerprint density at radius 3 is 2.43 bits per heavy atom. The summed E-state index contributed by atoms with van der Waals surface area (Å²) in [5.41, 5.74) is -1.90. The molecule has 0 fully saturated rings. The molecule has 0 aliphatic rings. The van der Waals surface area contributed by atoms with Crippen molar-refractivity contribution < 1.29 is 31.5 Å². The van der Waals surface area contributed by atoms with Gasteiger partial charge in [0.05, 0.1) is 18.0 Å². The van der Waals surface area contributed by atoms with Gasteiger partial charge in [0.25, 0.3) is 5.91 Å². The van der Waals surface area contributed by atoms with Gasteiger partial charge in [-0.3, -0.25) is 4.79 Å². The summed E-state index contributed by atoms with van der Waals surface area (Å²) in [6, 6.07) is 3.33. The van der Waals surface area contributed by atoms with Crippen molar-refractivity contribution in [2.24, 2.45) is 0 Å². The van der Waals surface area contributed by atoms with Gasteiger partial charge in [-0.05, 0) is 26.0 Å². The molecule has 0 unspecified atom stereocenters. The highest BCUT2D eigenvalue weighted by atomic mass is 35.5. The normalized spacial score (nSPS) is 11.8. The van der Waals surface area contributed by atoms with Crippen LogP contribution < -0.4 is 14.2 Å². The molecule has 0 aliphatic carbocycles. The van der Waals surface area contributed by atoms with Crippen LogP contribution in [0.3, 0.4) is 0 Å². The predicted molar refractivity (Wildman–Crippen MR) is 108 cm³/mol. The first-order chi connectivity index (χ1) is 13.7. The van der Waals surface area contributed by atoms with E-state index < -0.39 is 33.0 Å². The van der Waals surface area contributed by atoms with E-state index in [-0.39, 0.29) is 40.5 Å². The molecule has 0 aliphatic heterocycles. The van der Waals surface area contributed by atoms with Crippen LogP contribution in [0.15, 0.2) is 24.4 Å². The number of carbonyl (C=O) groups is 1. The number of ether oxygens (including phenoxy) is 2. The minimum absolute atomic E-state index is 0.0146. The van der Waals surface area contributed by atoms with Gasteiger partial charge in [-0.2, -0.15) is 0 Å². The van der Waals surface area contributed by atoms with E-state index in [9.17, 15) is 22.0 Å². The number of alkyl halides is 1. The molecular formula is C18H18Cl2F2N2O5S. The summed E-state index contributed by atoms with van der Waals surface area (Å²) >= 11 is 12.1. The number of hydrogen-bond acceptors (Lipinski definition) is 6. The molecule has 0 saturated carbocycles. The van der Waals surface area contributed by atoms with Crippen LogP contribution in [-0.4, -0.2) is 37.8 Å². The Labute approximate surface area is 182 Å². The molecule has 12 heteroatoms. The van der Waals surface area contributed by atoms with E-state index in [1.807, 2.05) is 0 Å².